The van der Waals surface area contributed by atoms with Gasteiger partial charge in [-0.2, -0.15) is 0 Å². The van der Waals surface area contributed by atoms with Crippen molar-refractivity contribution in [2.24, 2.45) is 0 Å². The van der Waals surface area contributed by atoms with Crippen LogP contribution in [0, 0.1) is 0 Å². The second kappa shape index (κ2) is 5.34. The summed E-state index contributed by atoms with van der Waals surface area (Å²) >= 11 is 1.46. The van der Waals surface area contributed by atoms with Gasteiger partial charge < -0.3 is 10.5 Å². The van der Waals surface area contributed by atoms with Crippen LogP contribution in [0.1, 0.15) is 0 Å². The molecular weight excluding hydrogens is 272 g/mol. The Morgan fingerprint density at radius 2 is 1.95 bits per heavy atom. The summed E-state index contributed by atoms with van der Waals surface area (Å²) < 4.78 is 5.13. The molecule has 0 aliphatic carbocycles. The van der Waals surface area contributed by atoms with Gasteiger partial charge in [-0.15, -0.1) is 0 Å². The molecule has 0 spiro atoms. The molecule has 2 aromatic heterocycles. The molecule has 100 valence electrons. The van der Waals surface area contributed by atoms with Crippen LogP contribution in [0.25, 0.3) is 10.9 Å². The van der Waals surface area contributed by atoms with E-state index in [0.29, 0.717) is 11.6 Å². The van der Waals surface area contributed by atoms with Gasteiger partial charge in [0, 0.05) is 5.39 Å². The van der Waals surface area contributed by atoms with E-state index in [1.54, 1.807) is 19.5 Å². The van der Waals surface area contributed by atoms with Gasteiger partial charge in [-0.25, -0.2) is 15.0 Å². The first-order chi connectivity index (χ1) is 9.78. The number of para-hydroxylation sites is 1. The number of hydrogen-bond acceptors (Lipinski definition) is 6. The number of rotatable bonds is 3. The van der Waals surface area contributed by atoms with Crippen molar-refractivity contribution in [1.29, 1.82) is 0 Å². The average molecular weight is 284 g/mol. The number of pyridine rings is 1. The minimum atomic E-state index is 0.424. The zero-order valence-corrected chi connectivity index (χ0v) is 11.6. The van der Waals surface area contributed by atoms with Crippen LogP contribution in [0.2, 0.25) is 0 Å². The van der Waals surface area contributed by atoms with Gasteiger partial charge in [-0.3, -0.25) is 0 Å². The van der Waals surface area contributed by atoms with Crippen molar-refractivity contribution < 1.29 is 4.74 Å². The molecule has 0 atom stereocenters. The number of methoxy groups -OCH3 is 1. The Kier molecular flexibility index (Phi) is 3.39. The first kappa shape index (κ1) is 12.7. The third kappa shape index (κ3) is 2.37. The zero-order chi connectivity index (χ0) is 13.9. The molecule has 5 nitrogen and oxygen atoms in total. The fraction of sp³-hybridized carbons (Fsp3) is 0.0714. The lowest BCUT2D eigenvalue weighted by Gasteiger charge is -2.07. The smallest absolute Gasteiger partial charge is 0.237 e. The van der Waals surface area contributed by atoms with Gasteiger partial charge in [0.15, 0.2) is 0 Å². The number of hydrogen-bond donors (Lipinski definition) is 1. The lowest BCUT2D eigenvalue weighted by molar-refractivity contribution is 0.397. The minimum absolute atomic E-state index is 0.424. The van der Waals surface area contributed by atoms with E-state index in [4.69, 9.17) is 10.5 Å². The Labute approximate surface area is 120 Å². The predicted molar refractivity (Wildman–Crippen MR) is 78.9 cm³/mol. The molecule has 6 heteroatoms. The molecule has 0 unspecified atom stereocenters. The molecule has 0 saturated carbocycles. The van der Waals surface area contributed by atoms with Crippen LogP contribution in [0.5, 0.6) is 5.88 Å². The van der Waals surface area contributed by atoms with Crippen molar-refractivity contribution in [2.75, 3.05) is 12.8 Å². The quantitative estimate of drug-likeness (QED) is 0.745. The van der Waals surface area contributed by atoms with Crippen LogP contribution < -0.4 is 10.5 Å². The van der Waals surface area contributed by atoms with Crippen LogP contribution in [-0.4, -0.2) is 22.1 Å². The van der Waals surface area contributed by atoms with Crippen molar-refractivity contribution in [3.05, 3.63) is 42.7 Å². The number of fused-ring (bicyclic) bond motifs is 1. The van der Waals surface area contributed by atoms with Gasteiger partial charge in [0.2, 0.25) is 5.88 Å². The molecule has 0 aliphatic rings. The lowest BCUT2D eigenvalue weighted by atomic mass is 10.2. The van der Waals surface area contributed by atoms with E-state index in [1.807, 2.05) is 30.3 Å². The summed E-state index contributed by atoms with van der Waals surface area (Å²) in [5, 5.41) is 2.63. The summed E-state index contributed by atoms with van der Waals surface area (Å²) in [4.78, 5) is 12.9. The molecule has 1 aromatic carbocycles. The summed E-state index contributed by atoms with van der Waals surface area (Å²) in [6.45, 7) is 0. The van der Waals surface area contributed by atoms with E-state index in [-0.39, 0.29) is 0 Å². The summed E-state index contributed by atoms with van der Waals surface area (Å²) in [5.41, 5.74) is 7.19. The number of benzene rings is 1. The van der Waals surface area contributed by atoms with E-state index >= 15 is 0 Å². The second-order valence-corrected chi connectivity index (χ2v) is 5.06. The Bertz CT molecular complexity index is 758. The molecule has 0 saturated heterocycles. The topological polar surface area (TPSA) is 73.9 Å². The Hall–Kier alpha value is -2.34. The van der Waals surface area contributed by atoms with Gasteiger partial charge in [0.05, 0.1) is 18.3 Å². The maximum Gasteiger partial charge on any atom is 0.237 e. The normalized spacial score (nSPS) is 10.7. The fourth-order valence-electron chi connectivity index (χ4n) is 1.82. The van der Waals surface area contributed by atoms with Gasteiger partial charge in [-0.05, 0) is 30.0 Å². The molecule has 0 radical (unpaired) electrons. The number of aromatic nitrogens is 3. The van der Waals surface area contributed by atoms with Crippen molar-refractivity contribution in [3.8, 4) is 5.88 Å². The summed E-state index contributed by atoms with van der Waals surface area (Å²) in [7, 11) is 1.55. The molecule has 2 N–H and O–H groups in total. The van der Waals surface area contributed by atoms with Gasteiger partial charge in [0.25, 0.3) is 0 Å². The standard InChI is InChI=1S/C14H12N4OS/c1-19-13-10(15)6-7-12(18-13)20-14-9-4-2-3-5-11(9)16-8-17-14/h2-8H,15H2,1H3. The minimum Gasteiger partial charge on any atom is -0.480 e. The molecule has 3 rings (SSSR count). The molecular formula is C14H12N4OS. The van der Waals surface area contributed by atoms with E-state index in [2.05, 4.69) is 15.0 Å². The Morgan fingerprint density at radius 3 is 2.80 bits per heavy atom. The van der Waals surface area contributed by atoms with E-state index in [9.17, 15) is 0 Å². The van der Waals surface area contributed by atoms with Gasteiger partial charge in [0.1, 0.15) is 16.4 Å². The number of nitrogens with zero attached hydrogens (tertiary/aromatic N) is 3. The van der Waals surface area contributed by atoms with Gasteiger partial charge >= 0.3 is 0 Å². The molecule has 20 heavy (non-hydrogen) atoms. The number of ether oxygens (including phenoxy) is 1. The zero-order valence-electron chi connectivity index (χ0n) is 10.8. The second-order valence-electron chi connectivity index (χ2n) is 4.05. The van der Waals surface area contributed by atoms with Crippen LogP contribution in [0.3, 0.4) is 0 Å². The first-order valence-electron chi connectivity index (χ1n) is 5.96. The monoisotopic (exact) mass is 284 g/mol. The highest BCUT2D eigenvalue weighted by Gasteiger charge is 2.08. The highest BCUT2D eigenvalue weighted by molar-refractivity contribution is 7.99. The lowest BCUT2D eigenvalue weighted by Crippen LogP contribution is -1.96. The third-order valence-corrected chi connectivity index (χ3v) is 3.72. The van der Waals surface area contributed by atoms with Crippen molar-refractivity contribution in [2.45, 2.75) is 10.1 Å². The summed E-state index contributed by atoms with van der Waals surface area (Å²) in [6, 6.07) is 11.5. The maximum atomic E-state index is 5.76. The van der Waals surface area contributed by atoms with E-state index < -0.39 is 0 Å². The summed E-state index contributed by atoms with van der Waals surface area (Å²) in [6.07, 6.45) is 1.55. The van der Waals surface area contributed by atoms with Crippen molar-refractivity contribution in [1.82, 2.24) is 15.0 Å². The van der Waals surface area contributed by atoms with Gasteiger partial charge in [-0.1, -0.05) is 18.2 Å². The van der Waals surface area contributed by atoms with Crippen molar-refractivity contribution >= 4 is 28.4 Å². The molecule has 0 bridgehead atoms. The number of nitrogen functional groups attached to an aromatic ring is 1. The summed E-state index contributed by atoms with van der Waals surface area (Å²) in [5.74, 6) is 0.424. The largest absolute Gasteiger partial charge is 0.480 e. The third-order valence-electron chi connectivity index (χ3n) is 2.77. The molecule has 0 amide bonds. The number of nitrogens with two attached hydrogens (primary N) is 1. The SMILES string of the molecule is COc1nc(Sc2ncnc3ccccc23)ccc1N. The fourth-order valence-corrected chi connectivity index (χ4v) is 2.66. The van der Waals surface area contributed by atoms with Crippen LogP contribution in [0.15, 0.2) is 52.8 Å². The van der Waals surface area contributed by atoms with E-state index in [1.165, 1.54) is 11.8 Å². The molecule has 2 heterocycles. The predicted octanol–water partition coefficient (Wildman–Crippen LogP) is 2.77. The van der Waals surface area contributed by atoms with Crippen LogP contribution in [-0.2, 0) is 0 Å². The maximum absolute atomic E-state index is 5.76. The molecule has 0 fully saturated rings. The average Bonchev–Trinajstić information content (AvgIpc) is 2.49. The van der Waals surface area contributed by atoms with E-state index in [0.717, 1.165) is 21.0 Å². The highest BCUT2D eigenvalue weighted by atomic mass is 32.2. The Morgan fingerprint density at radius 1 is 1.10 bits per heavy atom. The van der Waals surface area contributed by atoms with Crippen LogP contribution >= 0.6 is 11.8 Å². The van der Waals surface area contributed by atoms with Crippen molar-refractivity contribution in [3.63, 3.8) is 0 Å². The van der Waals surface area contributed by atoms with Crippen LogP contribution in [0.4, 0.5) is 5.69 Å². The molecule has 3 aromatic rings. The number of anilines is 1. The highest BCUT2D eigenvalue weighted by Crippen LogP contribution is 2.32. The molecule has 0 aliphatic heterocycles. The Balaban J connectivity index is 2.01. The first-order valence-corrected chi connectivity index (χ1v) is 6.77.